The number of allylic oxidation sites excluding steroid dienone is 3. The molecule has 0 aliphatic carbocycles. The number of nitrogens with one attached hydrogen (secondary N) is 2. The van der Waals surface area contributed by atoms with E-state index >= 15 is 0 Å². The van der Waals surface area contributed by atoms with Crippen LogP contribution in [0.15, 0.2) is 48.7 Å². The number of nitrogens with zero attached hydrogens (tertiary/aromatic N) is 6. The van der Waals surface area contributed by atoms with Crippen molar-refractivity contribution < 1.29 is 14.2 Å². The van der Waals surface area contributed by atoms with Gasteiger partial charge in [0.25, 0.3) is 0 Å². The fraction of sp³-hybridized carbons (Fsp3) is 0.375. The van der Waals surface area contributed by atoms with E-state index in [1.165, 1.54) is 11.9 Å². The number of aromatic nitrogens is 7. The summed E-state index contributed by atoms with van der Waals surface area (Å²) >= 11 is 1.42. The Balaban J connectivity index is 2.05. The molecule has 0 fully saturated rings. The predicted octanol–water partition coefficient (Wildman–Crippen LogP) is 4.46. The Bertz CT molecular complexity index is 1230. The minimum atomic E-state index is -0.303. The molecule has 0 amide bonds. The van der Waals surface area contributed by atoms with Crippen molar-refractivity contribution in [3.05, 3.63) is 65.8 Å². The first-order valence-electron chi connectivity index (χ1n) is 11.2. The first-order valence-corrected chi connectivity index (χ1v) is 12.1. The van der Waals surface area contributed by atoms with Crippen LogP contribution in [0.5, 0.6) is 0 Å². The molecule has 0 aliphatic rings. The zero-order valence-electron chi connectivity index (χ0n) is 21.6. The zero-order chi connectivity index (χ0) is 26.2. The number of H-pyrrole nitrogens is 1. The first kappa shape index (κ1) is 27.0. The van der Waals surface area contributed by atoms with E-state index in [4.69, 9.17) is 14.2 Å². The van der Waals surface area contributed by atoms with Gasteiger partial charge in [-0.2, -0.15) is 5.10 Å². The quantitative estimate of drug-likeness (QED) is 0.204. The molecule has 0 bridgehead atoms. The fourth-order valence-corrected chi connectivity index (χ4v) is 4.34. The molecular weight excluding hydrogens is 480 g/mol. The van der Waals surface area contributed by atoms with Gasteiger partial charge in [0.05, 0.1) is 37.1 Å². The van der Waals surface area contributed by atoms with E-state index in [2.05, 4.69) is 41.7 Å². The lowest BCUT2D eigenvalue weighted by Gasteiger charge is -2.22. The molecule has 12 heteroatoms. The highest BCUT2D eigenvalue weighted by Crippen LogP contribution is 2.34. The average Bonchev–Trinajstić information content (AvgIpc) is 3.50. The highest BCUT2D eigenvalue weighted by molar-refractivity contribution is 8.01. The molecule has 2 atom stereocenters. The first-order chi connectivity index (χ1) is 17.4. The summed E-state index contributed by atoms with van der Waals surface area (Å²) in [6.45, 7) is 11.6. The lowest BCUT2D eigenvalue weighted by molar-refractivity contribution is 0.101. The van der Waals surface area contributed by atoms with Crippen LogP contribution in [0.2, 0.25) is 0 Å². The lowest BCUT2D eigenvalue weighted by Crippen LogP contribution is -2.18. The Hall–Kier alpha value is -3.64. The van der Waals surface area contributed by atoms with Crippen LogP contribution in [-0.2, 0) is 14.2 Å². The van der Waals surface area contributed by atoms with Crippen LogP contribution in [0.3, 0.4) is 0 Å². The maximum atomic E-state index is 5.74. The Labute approximate surface area is 215 Å². The van der Waals surface area contributed by atoms with Crippen molar-refractivity contribution in [1.82, 2.24) is 34.9 Å². The van der Waals surface area contributed by atoms with Crippen LogP contribution in [0.1, 0.15) is 37.0 Å². The molecule has 0 radical (unpaired) electrons. The minimum absolute atomic E-state index is 0.0643. The predicted molar refractivity (Wildman–Crippen MR) is 141 cm³/mol. The number of ether oxygens (including phenoxy) is 3. The van der Waals surface area contributed by atoms with E-state index in [0.717, 1.165) is 17.1 Å². The number of anilines is 1. The number of methoxy groups -OCH3 is 3. The monoisotopic (exact) mass is 512 g/mol. The number of aryl methyl sites for hydroxylation is 2. The van der Waals surface area contributed by atoms with E-state index in [1.54, 1.807) is 44.4 Å². The van der Waals surface area contributed by atoms with Gasteiger partial charge in [0.1, 0.15) is 29.0 Å². The number of aromatic amines is 1. The van der Waals surface area contributed by atoms with Crippen LogP contribution in [0.25, 0.3) is 17.2 Å². The molecule has 2 N–H and O–H groups in total. The number of hydrogen-bond acceptors (Lipinski definition) is 10. The average molecular weight is 513 g/mol. The van der Waals surface area contributed by atoms with Crippen LogP contribution in [0, 0.1) is 13.8 Å². The summed E-state index contributed by atoms with van der Waals surface area (Å²) < 4.78 is 22.2. The third-order valence-corrected chi connectivity index (χ3v) is 6.20. The van der Waals surface area contributed by atoms with Crippen molar-refractivity contribution >= 4 is 23.6 Å². The zero-order valence-corrected chi connectivity index (χ0v) is 22.4. The third-order valence-electron chi connectivity index (χ3n) is 5.28. The van der Waals surface area contributed by atoms with Gasteiger partial charge in [0, 0.05) is 19.0 Å². The Kier molecular flexibility index (Phi) is 9.25. The molecule has 3 aromatic rings. The van der Waals surface area contributed by atoms with Gasteiger partial charge in [0.15, 0.2) is 5.82 Å². The van der Waals surface area contributed by atoms with E-state index in [-0.39, 0.29) is 11.4 Å². The van der Waals surface area contributed by atoms with Crippen molar-refractivity contribution in [3.63, 3.8) is 0 Å². The van der Waals surface area contributed by atoms with E-state index in [9.17, 15) is 0 Å². The molecule has 2 unspecified atom stereocenters. The third kappa shape index (κ3) is 5.77. The van der Waals surface area contributed by atoms with E-state index in [1.807, 2.05) is 39.8 Å². The van der Waals surface area contributed by atoms with Crippen LogP contribution in [-0.4, -0.2) is 61.5 Å². The van der Waals surface area contributed by atoms with Crippen molar-refractivity contribution in [2.45, 2.75) is 39.0 Å². The van der Waals surface area contributed by atoms with Crippen molar-refractivity contribution in [1.29, 1.82) is 0 Å². The van der Waals surface area contributed by atoms with Gasteiger partial charge in [-0.25, -0.2) is 0 Å². The van der Waals surface area contributed by atoms with E-state index in [0.29, 0.717) is 34.7 Å². The van der Waals surface area contributed by atoms with E-state index < -0.39 is 0 Å². The van der Waals surface area contributed by atoms with Gasteiger partial charge in [-0.1, -0.05) is 6.58 Å². The summed E-state index contributed by atoms with van der Waals surface area (Å²) in [4.78, 5) is 8.82. The molecule has 11 nitrogen and oxygen atoms in total. The van der Waals surface area contributed by atoms with Crippen LogP contribution in [0.4, 0.5) is 5.95 Å². The minimum Gasteiger partial charge on any atom is -0.495 e. The smallest absolute Gasteiger partial charge is 0.239 e. The fourth-order valence-electron chi connectivity index (χ4n) is 3.54. The summed E-state index contributed by atoms with van der Waals surface area (Å²) in [7, 11) is 4.80. The molecule has 36 heavy (non-hydrogen) atoms. The Morgan fingerprint density at radius 1 is 1.17 bits per heavy atom. The molecule has 0 aliphatic heterocycles. The highest BCUT2D eigenvalue weighted by atomic mass is 32.2. The van der Waals surface area contributed by atoms with Gasteiger partial charge in [0.2, 0.25) is 5.95 Å². The van der Waals surface area contributed by atoms with Gasteiger partial charge >= 0.3 is 0 Å². The molecule has 0 saturated carbocycles. The van der Waals surface area contributed by atoms with Crippen LogP contribution < -0.4 is 4.72 Å². The summed E-state index contributed by atoms with van der Waals surface area (Å²) in [6, 6.07) is 1.89. The Morgan fingerprint density at radius 3 is 2.47 bits per heavy atom. The topological polar surface area (TPSA) is 125 Å². The molecule has 0 spiro atoms. The highest BCUT2D eigenvalue weighted by Gasteiger charge is 2.27. The van der Waals surface area contributed by atoms with Crippen molar-refractivity contribution in [3.8, 4) is 11.5 Å². The standard InChI is InChI=1S/C24H32N8O3S/c1-9-19(33-6)21(20(10-2)34-7)32-23(17-11-14(3)27-28-17)29-30-24(32)31-36-16(5)22(35-8)18-13-25-15(4)12-26-18/h9-13,16,22H,1H2,2-8H3,(H,27,28)(H,30,31)/b20-10+,21-19-. The van der Waals surface area contributed by atoms with Crippen molar-refractivity contribution in [2.24, 2.45) is 0 Å². The van der Waals surface area contributed by atoms with Gasteiger partial charge < -0.3 is 14.2 Å². The molecule has 192 valence electrons. The number of hydrogen-bond donors (Lipinski definition) is 2. The van der Waals surface area contributed by atoms with Gasteiger partial charge in [-0.15, -0.1) is 10.2 Å². The molecule has 0 aromatic carbocycles. The summed E-state index contributed by atoms with van der Waals surface area (Å²) in [5.74, 6) is 1.95. The Morgan fingerprint density at radius 2 is 1.94 bits per heavy atom. The second kappa shape index (κ2) is 12.4. The largest absolute Gasteiger partial charge is 0.495 e. The van der Waals surface area contributed by atoms with Gasteiger partial charge in [-0.3, -0.25) is 24.4 Å². The van der Waals surface area contributed by atoms with Gasteiger partial charge in [-0.05, 0) is 57.9 Å². The second-order valence-corrected chi connectivity index (χ2v) is 8.94. The van der Waals surface area contributed by atoms with Crippen LogP contribution >= 0.6 is 11.9 Å². The normalized spacial score (nSPS) is 14.1. The summed E-state index contributed by atoms with van der Waals surface area (Å²) in [5.41, 5.74) is 3.65. The lowest BCUT2D eigenvalue weighted by atomic mass is 10.2. The SMILES string of the molecule is C=C/C(OC)=C(\C(=C/C)OC)n1c(NSC(C)C(OC)c2cnc(C)cn2)nnc1-c1cc(C)[nH]n1. The molecule has 0 saturated heterocycles. The molecule has 3 heterocycles. The summed E-state index contributed by atoms with van der Waals surface area (Å²) in [5, 5.41) is 16.1. The maximum absolute atomic E-state index is 5.74. The molecule has 3 rings (SSSR count). The molecular formula is C24H32N8O3S. The molecule has 3 aromatic heterocycles. The van der Waals surface area contributed by atoms with Crippen molar-refractivity contribution in [2.75, 3.05) is 26.1 Å². The second-order valence-electron chi connectivity index (χ2n) is 7.76. The maximum Gasteiger partial charge on any atom is 0.239 e. The number of rotatable bonds is 12. The summed E-state index contributed by atoms with van der Waals surface area (Å²) in [6.07, 6.45) is 6.59.